The van der Waals surface area contributed by atoms with E-state index in [9.17, 15) is 9.59 Å². The number of carbonyl (C=O) groups excluding carboxylic acids is 1. The molecule has 0 fully saturated rings. The molecule has 0 atom stereocenters. The van der Waals surface area contributed by atoms with E-state index in [0.717, 1.165) is 12.8 Å². The van der Waals surface area contributed by atoms with Gasteiger partial charge in [0.25, 0.3) is 5.91 Å². The summed E-state index contributed by atoms with van der Waals surface area (Å²) in [5.74, 6) is -0.694. The first-order chi connectivity index (χ1) is 9.58. The maximum atomic E-state index is 11.5. The van der Waals surface area contributed by atoms with Gasteiger partial charge in [0, 0.05) is 6.54 Å². The van der Waals surface area contributed by atoms with E-state index in [-0.39, 0.29) is 23.8 Å². The number of benzene rings is 1. The van der Waals surface area contributed by atoms with Crippen molar-refractivity contribution in [2.24, 2.45) is 0 Å². The Morgan fingerprint density at radius 3 is 2.65 bits per heavy atom. The molecule has 1 amide bonds. The number of ether oxygens (including phenoxy) is 2. The molecule has 0 aromatic heterocycles. The molecule has 0 aliphatic rings. The van der Waals surface area contributed by atoms with Gasteiger partial charge in [-0.1, -0.05) is 13.3 Å². The lowest BCUT2D eigenvalue weighted by molar-refractivity contribution is -0.123. The first kappa shape index (κ1) is 15.8. The number of unbranched alkanes of at least 4 members (excludes halogenated alkanes) is 1. The van der Waals surface area contributed by atoms with Crippen LogP contribution < -0.4 is 14.8 Å². The van der Waals surface area contributed by atoms with E-state index < -0.39 is 5.97 Å². The topological polar surface area (TPSA) is 84.9 Å². The molecular weight excluding hydrogens is 262 g/mol. The van der Waals surface area contributed by atoms with Crippen molar-refractivity contribution in [3.05, 3.63) is 23.8 Å². The van der Waals surface area contributed by atoms with Crippen molar-refractivity contribution < 1.29 is 24.2 Å². The molecule has 0 saturated heterocycles. The van der Waals surface area contributed by atoms with E-state index in [2.05, 4.69) is 5.32 Å². The van der Waals surface area contributed by atoms with Gasteiger partial charge in [0.2, 0.25) is 0 Å². The van der Waals surface area contributed by atoms with Crippen molar-refractivity contribution in [2.45, 2.75) is 19.8 Å². The predicted molar refractivity (Wildman–Crippen MR) is 73.4 cm³/mol. The van der Waals surface area contributed by atoms with E-state index in [1.54, 1.807) is 0 Å². The lowest BCUT2D eigenvalue weighted by atomic mass is 10.2. The summed E-state index contributed by atoms with van der Waals surface area (Å²) in [6.45, 7) is 2.46. The van der Waals surface area contributed by atoms with Crippen molar-refractivity contribution in [1.29, 1.82) is 0 Å². The lowest BCUT2D eigenvalue weighted by Gasteiger charge is -2.11. The van der Waals surface area contributed by atoms with Crippen LogP contribution in [0.5, 0.6) is 11.5 Å². The standard InChI is InChI=1S/C14H19NO5/c1-3-4-7-15-13(16)9-20-12-8-10(14(17)18)5-6-11(12)19-2/h5-6,8H,3-4,7,9H2,1-2H3,(H,15,16)(H,17,18). The summed E-state index contributed by atoms with van der Waals surface area (Å²) in [5.41, 5.74) is 0.0761. The molecule has 20 heavy (non-hydrogen) atoms. The van der Waals surface area contributed by atoms with Crippen LogP contribution in [0.1, 0.15) is 30.1 Å². The van der Waals surface area contributed by atoms with E-state index >= 15 is 0 Å². The summed E-state index contributed by atoms with van der Waals surface area (Å²) in [4.78, 5) is 22.4. The highest BCUT2D eigenvalue weighted by Crippen LogP contribution is 2.27. The second kappa shape index (κ2) is 8.04. The van der Waals surface area contributed by atoms with Gasteiger partial charge in [-0.25, -0.2) is 4.79 Å². The summed E-state index contributed by atoms with van der Waals surface area (Å²) in [7, 11) is 1.45. The van der Waals surface area contributed by atoms with E-state index in [1.165, 1.54) is 25.3 Å². The average Bonchev–Trinajstić information content (AvgIpc) is 2.45. The van der Waals surface area contributed by atoms with Gasteiger partial charge in [-0.3, -0.25) is 4.79 Å². The third-order valence-electron chi connectivity index (χ3n) is 2.62. The van der Waals surface area contributed by atoms with Gasteiger partial charge in [-0.2, -0.15) is 0 Å². The molecule has 1 aromatic carbocycles. The molecule has 0 bridgehead atoms. The number of carbonyl (C=O) groups is 2. The van der Waals surface area contributed by atoms with Crippen LogP contribution in [0, 0.1) is 0 Å². The number of carboxylic acid groups (broad SMARTS) is 1. The van der Waals surface area contributed by atoms with Gasteiger partial charge in [-0.05, 0) is 24.6 Å². The van der Waals surface area contributed by atoms with Gasteiger partial charge in [0.05, 0.1) is 12.7 Å². The molecule has 0 aliphatic heterocycles. The lowest BCUT2D eigenvalue weighted by Crippen LogP contribution is -2.29. The smallest absolute Gasteiger partial charge is 0.335 e. The van der Waals surface area contributed by atoms with E-state index in [4.69, 9.17) is 14.6 Å². The molecule has 6 heteroatoms. The van der Waals surface area contributed by atoms with Crippen molar-refractivity contribution in [3.8, 4) is 11.5 Å². The Hall–Kier alpha value is -2.24. The fourth-order valence-electron chi connectivity index (χ4n) is 1.52. The van der Waals surface area contributed by atoms with Crippen LogP contribution in [0.3, 0.4) is 0 Å². The summed E-state index contributed by atoms with van der Waals surface area (Å²) >= 11 is 0. The molecule has 0 heterocycles. The Balaban J connectivity index is 2.63. The monoisotopic (exact) mass is 281 g/mol. The van der Waals surface area contributed by atoms with Crippen LogP contribution in [0.15, 0.2) is 18.2 Å². The van der Waals surface area contributed by atoms with Crippen LogP contribution in [0.25, 0.3) is 0 Å². The number of carboxylic acids is 1. The predicted octanol–water partition coefficient (Wildman–Crippen LogP) is 1.69. The Labute approximate surface area is 117 Å². The zero-order valence-electron chi connectivity index (χ0n) is 11.6. The Morgan fingerprint density at radius 2 is 2.05 bits per heavy atom. The second-order valence-electron chi connectivity index (χ2n) is 4.16. The average molecular weight is 281 g/mol. The number of nitrogens with one attached hydrogen (secondary N) is 1. The molecule has 1 rings (SSSR count). The molecule has 0 saturated carbocycles. The van der Waals surface area contributed by atoms with Crippen LogP contribution in [0.2, 0.25) is 0 Å². The molecule has 1 aromatic rings. The zero-order valence-corrected chi connectivity index (χ0v) is 11.6. The van der Waals surface area contributed by atoms with E-state index in [0.29, 0.717) is 12.3 Å². The van der Waals surface area contributed by atoms with Crippen LogP contribution in [0.4, 0.5) is 0 Å². The molecule has 0 aliphatic carbocycles. The van der Waals surface area contributed by atoms with Crippen molar-refractivity contribution in [2.75, 3.05) is 20.3 Å². The van der Waals surface area contributed by atoms with Crippen molar-refractivity contribution >= 4 is 11.9 Å². The molecule has 0 spiro atoms. The third-order valence-corrected chi connectivity index (χ3v) is 2.62. The SMILES string of the molecule is CCCCNC(=O)COc1cc(C(=O)O)ccc1OC. The van der Waals surface area contributed by atoms with Gasteiger partial charge < -0.3 is 19.9 Å². The Kier molecular flexibility index (Phi) is 6.36. The quantitative estimate of drug-likeness (QED) is 0.708. The van der Waals surface area contributed by atoms with Gasteiger partial charge in [-0.15, -0.1) is 0 Å². The van der Waals surface area contributed by atoms with Gasteiger partial charge in [0.1, 0.15) is 0 Å². The summed E-state index contributed by atoms with van der Waals surface area (Å²) in [5, 5.41) is 11.6. The normalized spacial score (nSPS) is 9.90. The number of rotatable bonds is 8. The molecular formula is C14H19NO5. The maximum Gasteiger partial charge on any atom is 0.335 e. The zero-order chi connectivity index (χ0) is 15.0. The van der Waals surface area contributed by atoms with Crippen molar-refractivity contribution in [3.63, 3.8) is 0 Å². The van der Waals surface area contributed by atoms with Crippen molar-refractivity contribution in [1.82, 2.24) is 5.32 Å². The summed E-state index contributed by atoms with van der Waals surface area (Å²) < 4.78 is 10.4. The van der Waals surface area contributed by atoms with Crippen LogP contribution in [-0.4, -0.2) is 37.2 Å². The first-order valence-electron chi connectivity index (χ1n) is 6.39. The molecule has 6 nitrogen and oxygen atoms in total. The highest BCUT2D eigenvalue weighted by atomic mass is 16.5. The largest absolute Gasteiger partial charge is 0.493 e. The van der Waals surface area contributed by atoms with Gasteiger partial charge >= 0.3 is 5.97 Å². The molecule has 0 radical (unpaired) electrons. The minimum Gasteiger partial charge on any atom is -0.493 e. The number of aromatic carboxylic acids is 1. The minimum absolute atomic E-state index is 0.0761. The van der Waals surface area contributed by atoms with Gasteiger partial charge in [0.15, 0.2) is 18.1 Å². The van der Waals surface area contributed by atoms with Crippen LogP contribution in [-0.2, 0) is 4.79 Å². The molecule has 2 N–H and O–H groups in total. The highest BCUT2D eigenvalue weighted by Gasteiger charge is 2.11. The second-order valence-corrected chi connectivity index (χ2v) is 4.16. The number of methoxy groups -OCH3 is 1. The van der Waals surface area contributed by atoms with E-state index in [1.807, 2.05) is 6.92 Å². The number of hydrogen-bond acceptors (Lipinski definition) is 4. The van der Waals surface area contributed by atoms with Crippen LogP contribution >= 0.6 is 0 Å². The number of amides is 1. The fourth-order valence-corrected chi connectivity index (χ4v) is 1.52. The summed E-state index contributed by atoms with van der Waals surface area (Å²) in [6.07, 6.45) is 1.90. The molecule has 110 valence electrons. The highest BCUT2D eigenvalue weighted by molar-refractivity contribution is 5.88. The first-order valence-corrected chi connectivity index (χ1v) is 6.39. The Morgan fingerprint density at radius 1 is 1.30 bits per heavy atom. The third kappa shape index (κ3) is 4.79. The molecule has 0 unspecified atom stereocenters. The Bertz CT molecular complexity index is 473. The number of hydrogen-bond donors (Lipinski definition) is 2. The minimum atomic E-state index is -1.06. The fraction of sp³-hybridized carbons (Fsp3) is 0.429. The maximum absolute atomic E-state index is 11.5. The summed E-state index contributed by atoms with van der Waals surface area (Å²) in [6, 6.07) is 4.24.